The van der Waals surface area contributed by atoms with Crippen LogP contribution in [0.4, 0.5) is 5.69 Å². The minimum Gasteiger partial charge on any atom is -0.326 e. The summed E-state index contributed by atoms with van der Waals surface area (Å²) in [6.07, 6.45) is 0. The van der Waals surface area contributed by atoms with Crippen LogP contribution in [0.25, 0.3) is 0 Å². The van der Waals surface area contributed by atoms with Gasteiger partial charge in [-0.05, 0) is 71.4 Å². The Morgan fingerprint density at radius 2 is 1.78 bits per heavy atom. The van der Waals surface area contributed by atoms with Gasteiger partial charge in [-0.25, -0.2) is 4.99 Å². The highest BCUT2D eigenvalue weighted by Gasteiger charge is 2.14. The first kappa shape index (κ1) is 23.5. The summed E-state index contributed by atoms with van der Waals surface area (Å²) in [6, 6.07) is 11.4. The fourth-order valence-electron chi connectivity index (χ4n) is 3.70. The van der Waals surface area contributed by atoms with E-state index in [1.807, 2.05) is 75.7 Å². The van der Waals surface area contributed by atoms with Gasteiger partial charge in [0.05, 0.1) is 12.2 Å². The van der Waals surface area contributed by atoms with Crippen LogP contribution < -0.4 is 10.6 Å². The summed E-state index contributed by atoms with van der Waals surface area (Å²) in [5.74, 6) is 0.142. The Bertz CT molecular complexity index is 1160. The lowest BCUT2D eigenvalue weighted by molar-refractivity contribution is 0.0976. The number of hydrogen-bond acceptors (Lipinski definition) is 3. The molecule has 0 saturated heterocycles. The lowest BCUT2D eigenvalue weighted by atomic mass is 10.1. The van der Waals surface area contributed by atoms with Crippen molar-refractivity contribution < 1.29 is 4.79 Å². The number of benzene rings is 2. The number of hydrogen-bond donors (Lipinski definition) is 2. The fraction of sp³-hybridized carbons (Fsp3) is 0.320. The third-order valence-electron chi connectivity index (χ3n) is 5.46. The lowest BCUT2D eigenvalue weighted by Gasteiger charge is -2.15. The minimum atomic E-state index is -0.222. The summed E-state index contributed by atoms with van der Waals surface area (Å²) >= 11 is 6.29. The van der Waals surface area contributed by atoms with Gasteiger partial charge in [-0.15, -0.1) is 0 Å². The highest BCUT2D eigenvalue weighted by Crippen LogP contribution is 2.23. The van der Waals surface area contributed by atoms with Crippen molar-refractivity contribution in [3.05, 3.63) is 80.6 Å². The molecule has 0 spiro atoms. The van der Waals surface area contributed by atoms with Crippen LogP contribution in [-0.2, 0) is 13.1 Å². The molecular weight excluding hydrogens is 422 g/mol. The number of guanidine groups is 1. The van der Waals surface area contributed by atoms with E-state index in [1.54, 1.807) is 0 Å². The number of aromatic nitrogens is 2. The molecule has 0 atom stereocenters. The summed E-state index contributed by atoms with van der Waals surface area (Å²) in [7, 11) is 0. The third kappa shape index (κ3) is 5.37. The van der Waals surface area contributed by atoms with Gasteiger partial charge < -0.3 is 5.32 Å². The average Bonchev–Trinajstić information content (AvgIpc) is 3.01. The molecule has 1 aromatic heterocycles. The molecule has 0 aliphatic carbocycles. The number of rotatable bonds is 5. The first-order valence-electron chi connectivity index (χ1n) is 10.7. The minimum absolute atomic E-state index is 0.222. The van der Waals surface area contributed by atoms with Crippen molar-refractivity contribution in [2.45, 2.75) is 54.6 Å². The quantitative estimate of drug-likeness (QED) is 0.397. The van der Waals surface area contributed by atoms with E-state index in [0.29, 0.717) is 23.1 Å². The van der Waals surface area contributed by atoms with E-state index in [2.05, 4.69) is 22.7 Å². The summed E-state index contributed by atoms with van der Waals surface area (Å²) in [5, 5.41) is 11.4. The van der Waals surface area contributed by atoms with Crippen LogP contribution in [0, 0.1) is 34.6 Å². The van der Waals surface area contributed by atoms with Crippen LogP contribution in [0.5, 0.6) is 0 Å². The molecule has 2 aromatic carbocycles. The maximum atomic E-state index is 13.0. The predicted molar refractivity (Wildman–Crippen MR) is 132 cm³/mol. The second kappa shape index (κ2) is 10.0. The lowest BCUT2D eigenvalue weighted by Crippen LogP contribution is -2.36. The molecule has 7 heteroatoms. The van der Waals surface area contributed by atoms with Gasteiger partial charge in [-0.2, -0.15) is 5.10 Å². The zero-order valence-electron chi connectivity index (χ0n) is 19.5. The van der Waals surface area contributed by atoms with Crippen molar-refractivity contribution in [3.8, 4) is 0 Å². The molecule has 1 amide bonds. The van der Waals surface area contributed by atoms with Crippen molar-refractivity contribution in [1.82, 2.24) is 15.1 Å². The molecule has 0 fully saturated rings. The second-order valence-electron chi connectivity index (χ2n) is 8.00. The SMILES string of the molecule is CCn1nc(C)c(CN=C(NC(=O)c2cc(C)cc(C)c2)Nc2cccc(Cl)c2C)c1C. The molecule has 0 bridgehead atoms. The second-order valence-corrected chi connectivity index (χ2v) is 8.41. The van der Waals surface area contributed by atoms with Crippen molar-refractivity contribution in [2.24, 2.45) is 4.99 Å². The number of aryl methyl sites for hydroxylation is 4. The number of anilines is 1. The number of nitrogens with one attached hydrogen (secondary N) is 2. The maximum absolute atomic E-state index is 13.0. The van der Waals surface area contributed by atoms with Crippen LogP contribution in [0.2, 0.25) is 5.02 Å². The average molecular weight is 452 g/mol. The van der Waals surface area contributed by atoms with Crippen LogP contribution >= 0.6 is 11.6 Å². The van der Waals surface area contributed by atoms with E-state index < -0.39 is 0 Å². The van der Waals surface area contributed by atoms with E-state index in [-0.39, 0.29) is 5.91 Å². The van der Waals surface area contributed by atoms with Gasteiger partial charge in [0, 0.05) is 34.1 Å². The number of amides is 1. The third-order valence-corrected chi connectivity index (χ3v) is 5.87. The smallest absolute Gasteiger partial charge is 0.257 e. The number of halogens is 1. The summed E-state index contributed by atoms with van der Waals surface area (Å²) in [5.41, 5.74) is 7.39. The van der Waals surface area contributed by atoms with E-state index in [4.69, 9.17) is 16.6 Å². The summed E-state index contributed by atoms with van der Waals surface area (Å²) in [4.78, 5) is 17.7. The van der Waals surface area contributed by atoms with Gasteiger partial charge in [-0.1, -0.05) is 34.9 Å². The number of carbonyl (C=O) groups excluding carboxylic acids is 1. The van der Waals surface area contributed by atoms with Crippen LogP contribution in [0.3, 0.4) is 0 Å². The Labute approximate surface area is 194 Å². The molecule has 1 heterocycles. The van der Waals surface area contributed by atoms with Gasteiger partial charge in [0.15, 0.2) is 0 Å². The van der Waals surface area contributed by atoms with E-state index in [1.165, 1.54) is 0 Å². The molecule has 3 aromatic rings. The molecule has 0 aliphatic heterocycles. The normalized spacial score (nSPS) is 11.5. The van der Waals surface area contributed by atoms with E-state index >= 15 is 0 Å². The van der Waals surface area contributed by atoms with Gasteiger partial charge in [0.25, 0.3) is 5.91 Å². The zero-order valence-corrected chi connectivity index (χ0v) is 20.3. The topological polar surface area (TPSA) is 71.3 Å². The maximum Gasteiger partial charge on any atom is 0.257 e. The largest absolute Gasteiger partial charge is 0.326 e. The molecule has 2 N–H and O–H groups in total. The summed E-state index contributed by atoms with van der Waals surface area (Å²) in [6.45, 7) is 13.1. The first-order chi connectivity index (χ1) is 15.2. The zero-order chi connectivity index (χ0) is 23.4. The van der Waals surface area contributed by atoms with Gasteiger partial charge in [-0.3, -0.25) is 14.8 Å². The predicted octanol–water partition coefficient (Wildman–Crippen LogP) is 5.50. The Balaban J connectivity index is 1.93. The highest BCUT2D eigenvalue weighted by molar-refractivity contribution is 6.31. The Hall–Kier alpha value is -3.12. The molecule has 3 rings (SSSR count). The van der Waals surface area contributed by atoms with E-state index in [9.17, 15) is 4.79 Å². The molecule has 32 heavy (non-hydrogen) atoms. The number of carbonyl (C=O) groups is 1. The molecular formula is C25H30ClN5O. The van der Waals surface area contributed by atoms with Crippen LogP contribution in [0.1, 0.15) is 50.9 Å². The molecule has 0 saturated carbocycles. The summed E-state index contributed by atoms with van der Waals surface area (Å²) < 4.78 is 1.96. The van der Waals surface area contributed by atoms with E-state index in [0.717, 1.165) is 45.9 Å². The van der Waals surface area contributed by atoms with Crippen molar-refractivity contribution in [1.29, 1.82) is 0 Å². The number of aliphatic imine (C=N–C) groups is 1. The first-order valence-corrected chi connectivity index (χ1v) is 11.1. The Morgan fingerprint density at radius 1 is 1.09 bits per heavy atom. The van der Waals surface area contributed by atoms with Crippen molar-refractivity contribution in [2.75, 3.05) is 5.32 Å². The Kier molecular flexibility index (Phi) is 7.36. The molecule has 168 valence electrons. The number of nitrogens with zero attached hydrogens (tertiary/aromatic N) is 3. The van der Waals surface area contributed by atoms with Crippen molar-refractivity contribution >= 4 is 29.2 Å². The molecule has 0 unspecified atom stereocenters. The van der Waals surface area contributed by atoms with Gasteiger partial charge in [0.2, 0.25) is 5.96 Å². The van der Waals surface area contributed by atoms with Crippen LogP contribution in [-0.4, -0.2) is 21.6 Å². The van der Waals surface area contributed by atoms with Gasteiger partial charge in [0.1, 0.15) is 0 Å². The van der Waals surface area contributed by atoms with Gasteiger partial charge >= 0.3 is 0 Å². The molecule has 6 nitrogen and oxygen atoms in total. The van der Waals surface area contributed by atoms with Crippen LogP contribution in [0.15, 0.2) is 41.4 Å². The molecule has 0 aliphatic rings. The van der Waals surface area contributed by atoms with Crippen molar-refractivity contribution in [3.63, 3.8) is 0 Å². The fourth-order valence-corrected chi connectivity index (χ4v) is 3.87. The Morgan fingerprint density at radius 3 is 2.41 bits per heavy atom. The standard InChI is InChI=1S/C25H30ClN5O/c1-7-31-19(6)21(18(5)30-31)14-27-25(28-23-10-8-9-22(26)17(23)4)29-24(32)20-12-15(2)11-16(3)13-20/h8-13H,7,14H2,1-6H3,(H2,27,28,29,32). The highest BCUT2D eigenvalue weighted by atomic mass is 35.5. The molecule has 0 radical (unpaired) electrons. The monoisotopic (exact) mass is 451 g/mol.